The van der Waals surface area contributed by atoms with E-state index in [1.165, 1.54) is 6.07 Å². The number of aromatic nitrogens is 1. The van der Waals surface area contributed by atoms with Crippen molar-refractivity contribution in [1.82, 2.24) is 4.57 Å². The van der Waals surface area contributed by atoms with Crippen molar-refractivity contribution >= 4 is 10.9 Å². The van der Waals surface area contributed by atoms with E-state index >= 15 is 0 Å². The number of aryl methyl sites for hydroxylation is 1. The molecule has 0 aliphatic carbocycles. The molecular weight excluding hydrogens is 219 g/mol. The fraction of sp³-hybridized carbons (Fsp3) is 0.385. The van der Waals surface area contributed by atoms with E-state index < -0.39 is 0 Å². The van der Waals surface area contributed by atoms with E-state index in [0.29, 0.717) is 11.3 Å². The average Bonchev–Trinajstić information content (AvgIpc) is 2.67. The molecule has 0 spiro atoms. The second-order valence-electron chi connectivity index (χ2n) is 4.14. The summed E-state index contributed by atoms with van der Waals surface area (Å²) in [6, 6.07) is 4.96. The summed E-state index contributed by atoms with van der Waals surface area (Å²) >= 11 is 0. The van der Waals surface area contributed by atoms with E-state index in [1.807, 2.05) is 24.5 Å². The lowest BCUT2D eigenvalue weighted by molar-refractivity contribution is 0.419. The van der Waals surface area contributed by atoms with Gasteiger partial charge in [0.15, 0.2) is 0 Å². The highest BCUT2D eigenvalue weighted by Crippen LogP contribution is 2.32. The van der Waals surface area contributed by atoms with Crippen LogP contribution in [0.5, 0.6) is 5.75 Å². The molecule has 2 aromatic rings. The molecule has 17 heavy (non-hydrogen) atoms. The monoisotopic (exact) mass is 236 g/mol. The zero-order valence-corrected chi connectivity index (χ0v) is 10.3. The molecule has 3 nitrogen and oxygen atoms in total. The van der Waals surface area contributed by atoms with Gasteiger partial charge in [0.25, 0.3) is 0 Å². The summed E-state index contributed by atoms with van der Waals surface area (Å²) in [6.07, 6.45) is 0.537. The topological polar surface area (TPSA) is 40.2 Å². The van der Waals surface area contributed by atoms with Crippen LogP contribution < -0.4 is 10.5 Å². The molecule has 0 fully saturated rings. The van der Waals surface area contributed by atoms with Crippen LogP contribution in [0, 0.1) is 12.7 Å². The second-order valence-corrected chi connectivity index (χ2v) is 4.14. The van der Waals surface area contributed by atoms with Crippen LogP contribution in [0.25, 0.3) is 10.9 Å². The zero-order chi connectivity index (χ0) is 12.6. The van der Waals surface area contributed by atoms with Gasteiger partial charge in [-0.05, 0) is 31.5 Å². The molecule has 0 aliphatic heterocycles. The van der Waals surface area contributed by atoms with E-state index in [9.17, 15) is 4.39 Å². The Hall–Kier alpha value is -1.55. The molecule has 0 saturated carbocycles. The molecule has 2 N–H and O–H groups in total. The number of hydrogen-bond donors (Lipinski definition) is 1. The van der Waals surface area contributed by atoms with Crippen molar-refractivity contribution in [3.63, 3.8) is 0 Å². The first kappa shape index (κ1) is 11.9. The zero-order valence-electron chi connectivity index (χ0n) is 10.3. The molecule has 0 saturated heterocycles. The largest absolute Gasteiger partial charge is 0.496 e. The Morgan fingerprint density at radius 2 is 2.18 bits per heavy atom. The summed E-state index contributed by atoms with van der Waals surface area (Å²) < 4.78 is 21.0. The van der Waals surface area contributed by atoms with Gasteiger partial charge in [0.05, 0.1) is 18.8 Å². The number of ether oxygens (including phenoxy) is 1. The van der Waals surface area contributed by atoms with Gasteiger partial charge in [-0.3, -0.25) is 0 Å². The molecule has 0 unspecified atom stereocenters. The molecule has 0 aliphatic rings. The van der Waals surface area contributed by atoms with Crippen molar-refractivity contribution in [2.24, 2.45) is 5.73 Å². The third-order valence-electron chi connectivity index (χ3n) is 3.07. The van der Waals surface area contributed by atoms with Gasteiger partial charge in [-0.25, -0.2) is 4.39 Å². The van der Waals surface area contributed by atoms with E-state index in [0.717, 1.165) is 17.5 Å². The van der Waals surface area contributed by atoms with Crippen LogP contribution in [-0.2, 0) is 0 Å². The summed E-state index contributed by atoms with van der Waals surface area (Å²) in [5.74, 6) is 0.407. The van der Waals surface area contributed by atoms with Crippen LogP contribution in [0.4, 0.5) is 4.39 Å². The third kappa shape index (κ3) is 1.78. The van der Waals surface area contributed by atoms with Crippen molar-refractivity contribution in [1.29, 1.82) is 0 Å². The molecule has 1 aromatic heterocycles. The number of nitrogens with zero attached hydrogens (tertiary/aromatic N) is 1. The van der Waals surface area contributed by atoms with E-state index in [-0.39, 0.29) is 12.0 Å². The smallest absolute Gasteiger partial charge is 0.147 e. The van der Waals surface area contributed by atoms with Gasteiger partial charge >= 0.3 is 0 Å². The molecule has 0 radical (unpaired) electrons. The summed E-state index contributed by atoms with van der Waals surface area (Å²) in [4.78, 5) is 0. The first-order chi connectivity index (χ1) is 8.10. The first-order valence-corrected chi connectivity index (χ1v) is 5.69. The Morgan fingerprint density at radius 3 is 2.76 bits per heavy atom. The van der Waals surface area contributed by atoms with Crippen molar-refractivity contribution in [3.8, 4) is 5.75 Å². The predicted octanol–water partition coefficient (Wildman–Crippen LogP) is 2.96. The molecular formula is C13H17FN2O. The van der Waals surface area contributed by atoms with E-state index in [1.54, 1.807) is 13.2 Å². The summed E-state index contributed by atoms with van der Waals surface area (Å²) in [7, 11) is 1.58. The minimum absolute atomic E-state index is 0.214. The molecule has 1 heterocycles. The highest BCUT2D eigenvalue weighted by molar-refractivity contribution is 5.88. The summed E-state index contributed by atoms with van der Waals surface area (Å²) in [6.45, 7) is 3.91. The molecule has 1 aromatic carbocycles. The number of hydrogen-bond acceptors (Lipinski definition) is 2. The normalized spacial score (nSPS) is 13.0. The van der Waals surface area contributed by atoms with Gasteiger partial charge in [0.2, 0.25) is 0 Å². The minimum atomic E-state index is -0.266. The standard InChI is InChI=1S/C13H17FN2O/c1-4-12(15)16-8(2)7-9-11(17-3)6-5-10(14)13(9)16/h5-7,12H,4,15H2,1-3H3/t12-/m1/s1. The second kappa shape index (κ2) is 4.37. The van der Waals surface area contributed by atoms with Gasteiger partial charge in [0.1, 0.15) is 11.6 Å². The Morgan fingerprint density at radius 1 is 1.47 bits per heavy atom. The predicted molar refractivity (Wildman–Crippen MR) is 66.7 cm³/mol. The number of halogens is 1. The fourth-order valence-corrected chi connectivity index (χ4v) is 2.19. The highest BCUT2D eigenvalue weighted by Gasteiger charge is 2.17. The van der Waals surface area contributed by atoms with Crippen LogP contribution in [0.3, 0.4) is 0 Å². The van der Waals surface area contributed by atoms with Crippen LogP contribution in [0.15, 0.2) is 18.2 Å². The average molecular weight is 236 g/mol. The van der Waals surface area contributed by atoms with Crippen LogP contribution in [0.2, 0.25) is 0 Å². The quantitative estimate of drug-likeness (QED) is 0.890. The SMILES string of the molecule is CC[C@H](N)n1c(C)cc2c(OC)ccc(F)c21. The molecule has 0 amide bonds. The Bertz CT molecular complexity index is 548. The number of methoxy groups -OCH3 is 1. The van der Waals surface area contributed by atoms with Gasteiger partial charge < -0.3 is 15.0 Å². The highest BCUT2D eigenvalue weighted by atomic mass is 19.1. The third-order valence-corrected chi connectivity index (χ3v) is 3.07. The molecule has 92 valence electrons. The lowest BCUT2D eigenvalue weighted by Gasteiger charge is -2.16. The molecule has 0 bridgehead atoms. The Balaban J connectivity index is 2.80. The Labute approximate surface area is 100.0 Å². The van der Waals surface area contributed by atoms with Crippen molar-refractivity contribution < 1.29 is 9.13 Å². The van der Waals surface area contributed by atoms with E-state index in [4.69, 9.17) is 10.5 Å². The van der Waals surface area contributed by atoms with Crippen LogP contribution >= 0.6 is 0 Å². The number of benzene rings is 1. The van der Waals surface area contributed by atoms with E-state index in [2.05, 4.69) is 0 Å². The van der Waals surface area contributed by atoms with Gasteiger partial charge in [0, 0.05) is 11.1 Å². The first-order valence-electron chi connectivity index (χ1n) is 5.69. The van der Waals surface area contributed by atoms with Crippen LogP contribution in [-0.4, -0.2) is 11.7 Å². The van der Waals surface area contributed by atoms with Crippen molar-refractivity contribution in [3.05, 3.63) is 29.7 Å². The molecule has 2 rings (SSSR count). The number of rotatable bonds is 3. The number of nitrogens with two attached hydrogens (primary N) is 1. The Kier molecular flexibility index (Phi) is 3.07. The van der Waals surface area contributed by atoms with Crippen LogP contribution in [0.1, 0.15) is 25.2 Å². The lowest BCUT2D eigenvalue weighted by Crippen LogP contribution is -2.18. The van der Waals surface area contributed by atoms with Gasteiger partial charge in [-0.1, -0.05) is 6.92 Å². The lowest BCUT2D eigenvalue weighted by atomic mass is 10.2. The summed E-state index contributed by atoms with van der Waals surface area (Å²) in [5, 5.41) is 0.772. The molecule has 1 atom stereocenters. The maximum Gasteiger partial charge on any atom is 0.147 e. The maximum absolute atomic E-state index is 13.9. The van der Waals surface area contributed by atoms with Crippen molar-refractivity contribution in [2.45, 2.75) is 26.4 Å². The fourth-order valence-electron chi connectivity index (χ4n) is 2.19. The number of fused-ring (bicyclic) bond motifs is 1. The van der Waals surface area contributed by atoms with Crippen molar-refractivity contribution in [2.75, 3.05) is 7.11 Å². The summed E-state index contributed by atoms with van der Waals surface area (Å²) in [5.41, 5.74) is 7.49. The minimum Gasteiger partial charge on any atom is -0.496 e. The maximum atomic E-state index is 13.9. The van der Waals surface area contributed by atoms with Gasteiger partial charge in [-0.2, -0.15) is 0 Å². The van der Waals surface area contributed by atoms with Gasteiger partial charge in [-0.15, -0.1) is 0 Å². The molecule has 4 heteroatoms.